The molecule has 3 heteroatoms. The quantitative estimate of drug-likeness (QED) is 0.774. The molecule has 1 unspecified atom stereocenters. The number of benzene rings is 2. The molecule has 0 bridgehead atoms. The number of hydrogen-bond acceptors (Lipinski definition) is 3. The van der Waals surface area contributed by atoms with E-state index in [4.69, 9.17) is 4.74 Å². The van der Waals surface area contributed by atoms with Crippen molar-refractivity contribution in [2.75, 3.05) is 18.1 Å². The lowest BCUT2D eigenvalue weighted by Crippen LogP contribution is -2.31. The second-order valence-electron chi connectivity index (χ2n) is 4.36. The summed E-state index contributed by atoms with van der Waals surface area (Å²) in [6.07, 6.45) is -0.273. The minimum Gasteiger partial charge on any atom is -0.368 e. The van der Waals surface area contributed by atoms with E-state index in [2.05, 4.69) is 6.07 Å². The van der Waals surface area contributed by atoms with Gasteiger partial charge in [-0.05, 0) is 16.8 Å². The monoisotopic (exact) mass is 258 g/mol. The summed E-state index contributed by atoms with van der Waals surface area (Å²) in [5, 5.41) is 2.26. The maximum Gasteiger partial charge on any atom is 0.192 e. The van der Waals surface area contributed by atoms with Gasteiger partial charge in [0.1, 0.15) is 6.10 Å². The zero-order chi connectivity index (χ0) is 12.4. The second-order valence-corrected chi connectivity index (χ2v) is 5.51. The molecule has 0 aromatic heterocycles. The number of carbonyl (C=O) groups excluding carboxylic acids is 1. The SMILES string of the molecule is O=C(c1ccc2ccccc2c1)C1CSCCO1. The molecule has 0 saturated carbocycles. The van der Waals surface area contributed by atoms with Crippen LogP contribution in [0.25, 0.3) is 10.8 Å². The van der Waals surface area contributed by atoms with E-state index in [1.54, 1.807) is 11.8 Å². The highest BCUT2D eigenvalue weighted by molar-refractivity contribution is 7.99. The Hall–Kier alpha value is -1.32. The topological polar surface area (TPSA) is 26.3 Å². The van der Waals surface area contributed by atoms with Crippen molar-refractivity contribution in [3.05, 3.63) is 48.0 Å². The summed E-state index contributed by atoms with van der Waals surface area (Å²) in [6.45, 7) is 0.675. The number of Topliss-reactive ketones (excluding diaryl/α,β-unsaturated/α-hetero) is 1. The lowest BCUT2D eigenvalue weighted by atomic mass is 10.0. The smallest absolute Gasteiger partial charge is 0.192 e. The third-order valence-corrected chi connectivity index (χ3v) is 4.14. The summed E-state index contributed by atoms with van der Waals surface area (Å²) in [5.74, 6) is 1.86. The number of hydrogen-bond donors (Lipinski definition) is 0. The van der Waals surface area contributed by atoms with E-state index >= 15 is 0 Å². The molecule has 1 fully saturated rings. The van der Waals surface area contributed by atoms with Gasteiger partial charge in [0.2, 0.25) is 0 Å². The Bertz CT molecular complexity index is 573. The van der Waals surface area contributed by atoms with Crippen molar-refractivity contribution in [1.82, 2.24) is 0 Å². The maximum absolute atomic E-state index is 12.3. The molecule has 1 aliphatic rings. The van der Waals surface area contributed by atoms with Crippen LogP contribution in [0.15, 0.2) is 42.5 Å². The summed E-state index contributed by atoms with van der Waals surface area (Å²) in [5.41, 5.74) is 0.751. The maximum atomic E-state index is 12.3. The van der Waals surface area contributed by atoms with Gasteiger partial charge in [-0.2, -0.15) is 11.8 Å². The minimum atomic E-state index is -0.273. The van der Waals surface area contributed by atoms with Gasteiger partial charge in [0.25, 0.3) is 0 Å². The molecule has 1 saturated heterocycles. The average molecular weight is 258 g/mol. The van der Waals surface area contributed by atoms with Crippen molar-refractivity contribution in [3.8, 4) is 0 Å². The zero-order valence-electron chi connectivity index (χ0n) is 9.96. The molecule has 1 aliphatic heterocycles. The number of rotatable bonds is 2. The largest absolute Gasteiger partial charge is 0.368 e. The van der Waals surface area contributed by atoms with E-state index in [1.807, 2.05) is 36.4 Å². The minimum absolute atomic E-state index is 0.105. The molecule has 0 amide bonds. The van der Waals surface area contributed by atoms with Crippen molar-refractivity contribution < 1.29 is 9.53 Å². The van der Waals surface area contributed by atoms with E-state index in [0.717, 1.165) is 27.8 Å². The first kappa shape index (κ1) is 11.8. The predicted octanol–water partition coefficient (Wildman–Crippen LogP) is 3.15. The highest BCUT2D eigenvalue weighted by Crippen LogP contribution is 2.20. The van der Waals surface area contributed by atoms with Gasteiger partial charge in [-0.15, -0.1) is 0 Å². The van der Waals surface area contributed by atoms with Gasteiger partial charge in [0.05, 0.1) is 6.61 Å². The van der Waals surface area contributed by atoms with Gasteiger partial charge >= 0.3 is 0 Å². The first-order valence-electron chi connectivity index (χ1n) is 6.07. The van der Waals surface area contributed by atoms with Crippen LogP contribution < -0.4 is 0 Å². The Labute approximate surface area is 110 Å². The predicted molar refractivity (Wildman–Crippen MR) is 75.3 cm³/mol. The summed E-state index contributed by atoms with van der Waals surface area (Å²) < 4.78 is 5.54. The molecule has 1 atom stereocenters. The Morgan fingerprint density at radius 2 is 2.00 bits per heavy atom. The van der Waals surface area contributed by atoms with Crippen LogP contribution >= 0.6 is 11.8 Å². The van der Waals surface area contributed by atoms with Crippen molar-refractivity contribution in [1.29, 1.82) is 0 Å². The molecular weight excluding hydrogens is 244 g/mol. The molecule has 0 radical (unpaired) electrons. The van der Waals surface area contributed by atoms with Gasteiger partial charge in [-0.3, -0.25) is 4.79 Å². The molecule has 0 N–H and O–H groups in total. The third-order valence-electron chi connectivity index (χ3n) is 3.14. The Morgan fingerprint density at radius 3 is 2.78 bits per heavy atom. The molecular formula is C15H14O2S. The van der Waals surface area contributed by atoms with Crippen molar-refractivity contribution in [2.24, 2.45) is 0 Å². The molecule has 0 aliphatic carbocycles. The molecule has 3 rings (SSSR count). The first-order chi connectivity index (χ1) is 8.84. The molecule has 0 spiro atoms. The van der Waals surface area contributed by atoms with Crippen LogP contribution in [-0.4, -0.2) is 30.0 Å². The van der Waals surface area contributed by atoms with Crippen LogP contribution in [0.1, 0.15) is 10.4 Å². The Morgan fingerprint density at radius 1 is 1.17 bits per heavy atom. The normalized spacial score (nSPS) is 19.9. The van der Waals surface area contributed by atoms with E-state index in [-0.39, 0.29) is 11.9 Å². The van der Waals surface area contributed by atoms with Gasteiger partial charge in [-0.1, -0.05) is 36.4 Å². The molecule has 2 aromatic rings. The fourth-order valence-electron chi connectivity index (χ4n) is 2.17. The standard InChI is InChI=1S/C15H14O2S/c16-15(14-10-18-8-7-17-14)13-6-5-11-3-1-2-4-12(11)9-13/h1-6,9,14H,7-8,10H2. The van der Waals surface area contributed by atoms with Crippen LogP contribution in [0.2, 0.25) is 0 Å². The molecule has 2 nitrogen and oxygen atoms in total. The van der Waals surface area contributed by atoms with Gasteiger partial charge < -0.3 is 4.74 Å². The Kier molecular flexibility index (Phi) is 3.35. The molecule has 1 heterocycles. The number of ether oxygens (including phenoxy) is 1. The number of ketones is 1. The lowest BCUT2D eigenvalue weighted by molar-refractivity contribution is 0.0519. The number of fused-ring (bicyclic) bond motifs is 1. The summed E-state index contributed by atoms with van der Waals surface area (Å²) >= 11 is 1.78. The number of carbonyl (C=O) groups is 1. The lowest BCUT2D eigenvalue weighted by Gasteiger charge is -2.21. The van der Waals surface area contributed by atoms with Crippen molar-refractivity contribution in [3.63, 3.8) is 0 Å². The van der Waals surface area contributed by atoms with E-state index in [9.17, 15) is 4.79 Å². The zero-order valence-corrected chi connectivity index (χ0v) is 10.8. The first-order valence-corrected chi connectivity index (χ1v) is 7.22. The van der Waals surface area contributed by atoms with Crippen LogP contribution in [0, 0.1) is 0 Å². The van der Waals surface area contributed by atoms with E-state index < -0.39 is 0 Å². The van der Waals surface area contributed by atoms with Crippen LogP contribution in [0.5, 0.6) is 0 Å². The van der Waals surface area contributed by atoms with Gasteiger partial charge in [0.15, 0.2) is 5.78 Å². The highest BCUT2D eigenvalue weighted by atomic mass is 32.2. The fraction of sp³-hybridized carbons (Fsp3) is 0.267. The second kappa shape index (κ2) is 5.12. The highest BCUT2D eigenvalue weighted by Gasteiger charge is 2.23. The van der Waals surface area contributed by atoms with Crippen LogP contribution in [-0.2, 0) is 4.74 Å². The van der Waals surface area contributed by atoms with Crippen LogP contribution in [0.4, 0.5) is 0 Å². The van der Waals surface area contributed by atoms with Crippen molar-refractivity contribution in [2.45, 2.75) is 6.10 Å². The Balaban J connectivity index is 1.91. The summed E-state index contributed by atoms with van der Waals surface area (Å²) in [7, 11) is 0. The van der Waals surface area contributed by atoms with Gasteiger partial charge in [-0.25, -0.2) is 0 Å². The van der Waals surface area contributed by atoms with Crippen molar-refractivity contribution >= 4 is 28.3 Å². The molecule has 2 aromatic carbocycles. The summed E-state index contributed by atoms with van der Waals surface area (Å²) in [6, 6.07) is 13.9. The molecule has 18 heavy (non-hydrogen) atoms. The summed E-state index contributed by atoms with van der Waals surface area (Å²) in [4.78, 5) is 12.3. The van der Waals surface area contributed by atoms with E-state index in [0.29, 0.717) is 6.61 Å². The third kappa shape index (κ3) is 2.28. The van der Waals surface area contributed by atoms with Gasteiger partial charge in [0, 0.05) is 17.1 Å². The average Bonchev–Trinajstić information content (AvgIpc) is 2.47. The molecule has 92 valence electrons. The van der Waals surface area contributed by atoms with E-state index in [1.165, 1.54) is 0 Å². The fourth-order valence-corrected chi connectivity index (χ4v) is 3.01. The number of thioether (sulfide) groups is 1. The van der Waals surface area contributed by atoms with Crippen LogP contribution in [0.3, 0.4) is 0 Å².